The van der Waals surface area contributed by atoms with Gasteiger partial charge in [0, 0.05) is 30.0 Å². The maximum absolute atomic E-state index is 12.8. The quantitative estimate of drug-likeness (QED) is 0.732. The van der Waals surface area contributed by atoms with Crippen LogP contribution in [0, 0.1) is 0 Å². The highest BCUT2D eigenvalue weighted by Crippen LogP contribution is 2.27. The molecule has 6 nitrogen and oxygen atoms in total. The second-order valence-electron chi connectivity index (χ2n) is 5.78. The van der Waals surface area contributed by atoms with Gasteiger partial charge in [0.1, 0.15) is 10.7 Å². The number of nitrogens with zero attached hydrogens (tertiary/aromatic N) is 4. The van der Waals surface area contributed by atoms with Crippen LogP contribution in [0.1, 0.15) is 35.1 Å². The summed E-state index contributed by atoms with van der Waals surface area (Å²) in [5.74, 6) is 0.783. The summed E-state index contributed by atoms with van der Waals surface area (Å²) >= 11 is 1.50. The first kappa shape index (κ1) is 15.0. The molecule has 1 unspecified atom stereocenters. The van der Waals surface area contributed by atoms with Gasteiger partial charge in [-0.2, -0.15) is 4.98 Å². The zero-order valence-electron chi connectivity index (χ0n) is 13.0. The van der Waals surface area contributed by atoms with Crippen LogP contribution < -0.4 is 0 Å². The molecule has 0 N–H and O–H groups in total. The van der Waals surface area contributed by atoms with E-state index in [1.165, 1.54) is 17.7 Å². The van der Waals surface area contributed by atoms with E-state index in [2.05, 4.69) is 15.1 Å². The van der Waals surface area contributed by atoms with Gasteiger partial charge in [0.2, 0.25) is 6.39 Å². The molecule has 0 bridgehead atoms. The third-order valence-corrected chi connectivity index (χ3v) is 5.09. The number of rotatable bonds is 3. The number of amides is 1. The molecule has 0 spiro atoms. The summed E-state index contributed by atoms with van der Waals surface area (Å²) in [6, 6.07) is 9.91. The zero-order valence-corrected chi connectivity index (χ0v) is 13.8. The van der Waals surface area contributed by atoms with Crippen LogP contribution >= 0.6 is 11.3 Å². The van der Waals surface area contributed by atoms with Gasteiger partial charge in [-0.1, -0.05) is 35.5 Å². The second kappa shape index (κ2) is 6.52. The molecule has 24 heavy (non-hydrogen) atoms. The van der Waals surface area contributed by atoms with Gasteiger partial charge in [0.05, 0.1) is 0 Å². The van der Waals surface area contributed by atoms with Crippen LogP contribution in [0.4, 0.5) is 0 Å². The molecule has 122 valence electrons. The molecular formula is C17H16N4O2S. The molecule has 4 rings (SSSR count). The Hall–Kier alpha value is -2.54. The van der Waals surface area contributed by atoms with E-state index < -0.39 is 0 Å². The Balaban J connectivity index is 1.50. The predicted octanol–water partition coefficient (Wildman–Crippen LogP) is 3.21. The third-order valence-electron chi connectivity index (χ3n) is 4.20. The second-order valence-corrected chi connectivity index (χ2v) is 6.64. The van der Waals surface area contributed by atoms with E-state index >= 15 is 0 Å². The van der Waals surface area contributed by atoms with Gasteiger partial charge in [0.25, 0.3) is 5.91 Å². The Morgan fingerprint density at radius 2 is 2.17 bits per heavy atom. The number of carbonyl (C=O) groups excluding carboxylic acids is 1. The van der Waals surface area contributed by atoms with Crippen LogP contribution in [0.15, 0.2) is 46.6 Å². The minimum absolute atomic E-state index is 0.0263. The van der Waals surface area contributed by atoms with Crippen LogP contribution in [0.5, 0.6) is 0 Å². The summed E-state index contributed by atoms with van der Waals surface area (Å²) in [4.78, 5) is 23.2. The van der Waals surface area contributed by atoms with Gasteiger partial charge in [0.15, 0.2) is 5.82 Å². The third kappa shape index (κ3) is 2.94. The van der Waals surface area contributed by atoms with Crippen LogP contribution in [0.25, 0.3) is 10.6 Å². The minimum atomic E-state index is -0.0263. The Kier molecular flexibility index (Phi) is 4.08. The Labute approximate surface area is 143 Å². The highest BCUT2D eigenvalue weighted by atomic mass is 32.1. The van der Waals surface area contributed by atoms with Gasteiger partial charge in [-0.25, -0.2) is 4.98 Å². The fraction of sp³-hybridized carbons (Fsp3) is 0.294. The van der Waals surface area contributed by atoms with Crippen LogP contribution in [0.2, 0.25) is 0 Å². The minimum Gasteiger partial charge on any atom is -0.343 e. The fourth-order valence-electron chi connectivity index (χ4n) is 2.98. The highest BCUT2D eigenvalue weighted by Gasteiger charge is 2.28. The maximum atomic E-state index is 12.8. The molecule has 1 amide bonds. The molecule has 0 saturated carbocycles. The standard InChI is InChI=1S/C17H16N4O2S/c22-17(14-10-24-16(19-14)12-5-2-1-3-6-12)21-8-4-7-13(9-21)15-18-11-23-20-15/h1-3,5-6,10-11,13H,4,7-9H2. The first-order chi connectivity index (χ1) is 11.8. The van der Waals surface area contributed by atoms with Crippen molar-refractivity contribution in [2.45, 2.75) is 18.8 Å². The van der Waals surface area contributed by atoms with Crippen LogP contribution in [-0.4, -0.2) is 39.0 Å². The van der Waals surface area contributed by atoms with Crippen molar-refractivity contribution in [3.63, 3.8) is 0 Å². The molecule has 3 heterocycles. The van der Waals surface area contributed by atoms with Crippen molar-refractivity contribution in [1.82, 2.24) is 20.0 Å². The summed E-state index contributed by atoms with van der Waals surface area (Å²) in [6.07, 6.45) is 3.24. The first-order valence-electron chi connectivity index (χ1n) is 7.88. The molecule has 3 aromatic rings. The number of hydrogen-bond donors (Lipinski definition) is 0. The van der Waals surface area contributed by atoms with E-state index in [9.17, 15) is 4.79 Å². The van der Waals surface area contributed by atoms with Crippen molar-refractivity contribution in [1.29, 1.82) is 0 Å². The maximum Gasteiger partial charge on any atom is 0.273 e. The lowest BCUT2D eigenvalue weighted by molar-refractivity contribution is 0.0698. The van der Waals surface area contributed by atoms with Crippen molar-refractivity contribution in [2.75, 3.05) is 13.1 Å². The van der Waals surface area contributed by atoms with E-state index in [-0.39, 0.29) is 11.8 Å². The number of piperidine rings is 1. The van der Waals surface area contributed by atoms with Gasteiger partial charge in [-0.05, 0) is 12.8 Å². The van der Waals surface area contributed by atoms with Crippen molar-refractivity contribution in [3.05, 3.63) is 53.6 Å². The summed E-state index contributed by atoms with van der Waals surface area (Å²) in [5.41, 5.74) is 1.54. The molecule has 1 aliphatic rings. The van der Waals surface area contributed by atoms with Crippen LogP contribution in [0.3, 0.4) is 0 Å². The average Bonchev–Trinajstić information content (AvgIpc) is 3.34. The number of thiazole rings is 1. The highest BCUT2D eigenvalue weighted by molar-refractivity contribution is 7.13. The predicted molar refractivity (Wildman–Crippen MR) is 89.7 cm³/mol. The molecule has 7 heteroatoms. The summed E-state index contributed by atoms with van der Waals surface area (Å²) in [7, 11) is 0. The Morgan fingerprint density at radius 1 is 1.29 bits per heavy atom. The number of hydrogen-bond acceptors (Lipinski definition) is 6. The van der Waals surface area contributed by atoms with Gasteiger partial charge in [-0.15, -0.1) is 11.3 Å². The number of likely N-dealkylation sites (tertiary alicyclic amines) is 1. The number of benzene rings is 1. The molecule has 1 aromatic carbocycles. The number of carbonyl (C=O) groups is 1. The fourth-order valence-corrected chi connectivity index (χ4v) is 3.78. The molecule has 1 aliphatic heterocycles. The summed E-state index contributed by atoms with van der Waals surface area (Å²) in [5, 5.41) is 6.61. The zero-order chi connectivity index (χ0) is 16.4. The normalized spacial score (nSPS) is 17.8. The van der Waals surface area contributed by atoms with E-state index in [0.717, 1.165) is 30.0 Å². The lowest BCUT2D eigenvalue weighted by atomic mass is 9.97. The summed E-state index contributed by atoms with van der Waals surface area (Å²) < 4.78 is 4.83. The van der Waals surface area contributed by atoms with Gasteiger partial charge >= 0.3 is 0 Å². The summed E-state index contributed by atoms with van der Waals surface area (Å²) in [6.45, 7) is 1.35. The molecule has 2 aromatic heterocycles. The van der Waals surface area contributed by atoms with E-state index in [4.69, 9.17) is 4.52 Å². The lowest BCUT2D eigenvalue weighted by Gasteiger charge is -2.30. The van der Waals surface area contributed by atoms with Gasteiger partial charge in [-0.3, -0.25) is 4.79 Å². The smallest absolute Gasteiger partial charge is 0.273 e. The van der Waals surface area contributed by atoms with E-state index in [1.54, 1.807) is 0 Å². The average molecular weight is 340 g/mol. The van der Waals surface area contributed by atoms with Crippen molar-refractivity contribution in [2.24, 2.45) is 0 Å². The van der Waals surface area contributed by atoms with Crippen molar-refractivity contribution >= 4 is 17.2 Å². The van der Waals surface area contributed by atoms with Gasteiger partial charge < -0.3 is 9.42 Å². The topological polar surface area (TPSA) is 72.1 Å². The Bertz CT molecular complexity index is 816. The molecule has 0 aliphatic carbocycles. The SMILES string of the molecule is O=C(c1csc(-c2ccccc2)n1)N1CCCC(c2ncon2)C1. The molecule has 1 saturated heterocycles. The number of aromatic nitrogens is 3. The van der Waals surface area contributed by atoms with E-state index in [1.807, 2.05) is 40.6 Å². The van der Waals surface area contributed by atoms with Crippen molar-refractivity contribution < 1.29 is 9.32 Å². The van der Waals surface area contributed by atoms with Crippen molar-refractivity contribution in [3.8, 4) is 10.6 Å². The van der Waals surface area contributed by atoms with Crippen LogP contribution in [-0.2, 0) is 0 Å². The molecule has 1 fully saturated rings. The largest absolute Gasteiger partial charge is 0.343 e. The Morgan fingerprint density at radius 3 is 2.96 bits per heavy atom. The first-order valence-corrected chi connectivity index (χ1v) is 8.76. The molecule has 0 radical (unpaired) electrons. The molecular weight excluding hydrogens is 324 g/mol. The van der Waals surface area contributed by atoms with E-state index in [0.29, 0.717) is 18.1 Å². The lowest BCUT2D eigenvalue weighted by Crippen LogP contribution is -2.39. The monoisotopic (exact) mass is 340 g/mol. The molecule has 1 atom stereocenters.